The highest BCUT2D eigenvalue weighted by atomic mass is 16.5. The van der Waals surface area contributed by atoms with Crippen molar-refractivity contribution in [3.05, 3.63) is 34.9 Å². The first-order chi connectivity index (χ1) is 6.19. The lowest BCUT2D eigenvalue weighted by Crippen LogP contribution is -2.03. The fourth-order valence-electron chi connectivity index (χ4n) is 1.09. The lowest BCUT2D eigenvalue weighted by atomic mass is 10.1. The van der Waals surface area contributed by atoms with E-state index >= 15 is 0 Å². The van der Waals surface area contributed by atoms with Crippen LogP contribution in [0.5, 0.6) is 0 Å². The molecule has 1 rings (SSSR count). The molecule has 0 aromatic heterocycles. The molecule has 0 aliphatic carbocycles. The molecule has 66 valence electrons. The molecule has 0 radical (unpaired) electrons. The maximum absolute atomic E-state index is 11.2. The van der Waals surface area contributed by atoms with Crippen LogP contribution in [0.2, 0.25) is 0 Å². The third-order valence-electron chi connectivity index (χ3n) is 1.80. The molecule has 0 saturated heterocycles. The van der Waals surface area contributed by atoms with Gasteiger partial charge in [0.05, 0.1) is 12.7 Å². The van der Waals surface area contributed by atoms with E-state index in [1.165, 1.54) is 7.11 Å². The Kier molecular flexibility index (Phi) is 2.71. The summed E-state index contributed by atoms with van der Waals surface area (Å²) >= 11 is 0. The Balaban J connectivity index is 3.14. The molecule has 13 heavy (non-hydrogen) atoms. The predicted octanol–water partition coefficient (Wildman–Crippen LogP) is 1.76. The molecule has 0 amide bonds. The largest absolute Gasteiger partial charge is 0.465 e. The molecule has 0 unspecified atom stereocenters. The lowest BCUT2D eigenvalue weighted by molar-refractivity contribution is 0.0600. The number of terminal acetylenes is 1. The average Bonchev–Trinajstić information content (AvgIpc) is 2.16. The number of methoxy groups -OCH3 is 1. The molecule has 2 nitrogen and oxygen atoms in total. The second kappa shape index (κ2) is 3.77. The quantitative estimate of drug-likeness (QED) is 0.479. The summed E-state index contributed by atoms with van der Waals surface area (Å²) in [6.45, 7) is 1.83. The number of aryl methyl sites for hydroxylation is 1. The summed E-state index contributed by atoms with van der Waals surface area (Å²) in [7, 11) is 1.36. The molecule has 0 aliphatic heterocycles. The number of hydrogen-bond donors (Lipinski definition) is 0. The first-order valence-electron chi connectivity index (χ1n) is 3.84. The smallest absolute Gasteiger partial charge is 0.338 e. The van der Waals surface area contributed by atoms with Crippen LogP contribution >= 0.6 is 0 Å². The third-order valence-corrected chi connectivity index (χ3v) is 1.80. The van der Waals surface area contributed by atoms with Crippen molar-refractivity contribution in [2.45, 2.75) is 6.92 Å². The summed E-state index contributed by atoms with van der Waals surface area (Å²) in [4.78, 5) is 11.2. The molecule has 0 N–H and O–H groups in total. The molecule has 0 heterocycles. The van der Waals surface area contributed by atoms with Gasteiger partial charge in [-0.1, -0.05) is 5.92 Å². The zero-order valence-corrected chi connectivity index (χ0v) is 7.63. The van der Waals surface area contributed by atoms with Gasteiger partial charge in [-0.25, -0.2) is 4.79 Å². The first kappa shape index (κ1) is 9.34. The van der Waals surface area contributed by atoms with Crippen LogP contribution in [0.3, 0.4) is 0 Å². The summed E-state index contributed by atoms with van der Waals surface area (Å²) in [5.74, 6) is 2.17. The monoisotopic (exact) mass is 174 g/mol. The molecule has 2 heteroatoms. The number of carbonyl (C=O) groups excluding carboxylic acids is 1. The van der Waals surface area contributed by atoms with Crippen molar-refractivity contribution < 1.29 is 9.53 Å². The van der Waals surface area contributed by atoms with Crippen molar-refractivity contribution in [3.8, 4) is 12.3 Å². The SMILES string of the molecule is C#Cc1ccc(C(=O)OC)c(C)c1. The van der Waals surface area contributed by atoms with Crippen LogP contribution in [0.25, 0.3) is 0 Å². The van der Waals surface area contributed by atoms with Gasteiger partial charge in [0.15, 0.2) is 0 Å². The highest BCUT2D eigenvalue weighted by Gasteiger charge is 2.07. The highest BCUT2D eigenvalue weighted by Crippen LogP contribution is 2.11. The second-order valence-corrected chi connectivity index (χ2v) is 2.67. The van der Waals surface area contributed by atoms with E-state index < -0.39 is 0 Å². The zero-order valence-electron chi connectivity index (χ0n) is 7.63. The molecule has 0 saturated carbocycles. The highest BCUT2D eigenvalue weighted by molar-refractivity contribution is 5.91. The molecule has 0 aliphatic rings. The number of carbonyl (C=O) groups is 1. The number of esters is 1. The van der Waals surface area contributed by atoms with Crippen molar-refractivity contribution in [2.75, 3.05) is 7.11 Å². The maximum atomic E-state index is 11.2. The number of rotatable bonds is 1. The Morgan fingerprint density at radius 3 is 2.69 bits per heavy atom. The van der Waals surface area contributed by atoms with E-state index in [-0.39, 0.29) is 5.97 Å². The van der Waals surface area contributed by atoms with Crippen LogP contribution in [0.4, 0.5) is 0 Å². The van der Waals surface area contributed by atoms with Crippen LogP contribution in [0.15, 0.2) is 18.2 Å². The third kappa shape index (κ3) is 1.88. The minimum atomic E-state index is -0.332. The lowest BCUT2D eigenvalue weighted by Gasteiger charge is -2.03. The Labute approximate surface area is 77.5 Å². The van der Waals surface area contributed by atoms with Gasteiger partial charge in [-0.2, -0.15) is 0 Å². The van der Waals surface area contributed by atoms with Crippen molar-refractivity contribution in [1.82, 2.24) is 0 Å². The Morgan fingerprint density at radius 1 is 1.54 bits per heavy atom. The fourth-order valence-corrected chi connectivity index (χ4v) is 1.09. The van der Waals surface area contributed by atoms with Crippen LogP contribution < -0.4 is 0 Å². The summed E-state index contributed by atoms with van der Waals surface area (Å²) < 4.78 is 4.60. The molecule has 0 fully saturated rings. The van der Waals surface area contributed by atoms with E-state index in [0.717, 1.165) is 11.1 Å². The Hall–Kier alpha value is -1.75. The van der Waals surface area contributed by atoms with Gasteiger partial charge in [-0.05, 0) is 30.7 Å². The van der Waals surface area contributed by atoms with Gasteiger partial charge >= 0.3 is 5.97 Å². The summed E-state index contributed by atoms with van der Waals surface area (Å²) in [6, 6.07) is 5.18. The van der Waals surface area contributed by atoms with Gasteiger partial charge in [0.2, 0.25) is 0 Å². The molecular formula is C11H10O2. The molecule has 0 atom stereocenters. The fraction of sp³-hybridized carbons (Fsp3) is 0.182. The van der Waals surface area contributed by atoms with Crippen molar-refractivity contribution in [2.24, 2.45) is 0 Å². The summed E-state index contributed by atoms with van der Waals surface area (Å²) in [5.41, 5.74) is 2.16. The molecule has 1 aromatic rings. The van der Waals surface area contributed by atoms with E-state index in [1.807, 2.05) is 6.92 Å². The van der Waals surface area contributed by atoms with E-state index in [4.69, 9.17) is 6.42 Å². The summed E-state index contributed by atoms with van der Waals surface area (Å²) in [6.07, 6.45) is 5.21. The van der Waals surface area contributed by atoms with Crippen LogP contribution in [-0.4, -0.2) is 13.1 Å². The Bertz CT molecular complexity index is 372. The van der Waals surface area contributed by atoms with Gasteiger partial charge in [-0.3, -0.25) is 0 Å². The van der Waals surface area contributed by atoms with E-state index in [9.17, 15) is 4.79 Å². The number of ether oxygens (including phenoxy) is 1. The average molecular weight is 174 g/mol. The van der Waals surface area contributed by atoms with Crippen LogP contribution in [0, 0.1) is 19.3 Å². The standard InChI is InChI=1S/C11H10O2/c1-4-9-5-6-10(8(2)7-9)11(12)13-3/h1,5-7H,2-3H3. The maximum Gasteiger partial charge on any atom is 0.338 e. The van der Waals surface area contributed by atoms with E-state index in [2.05, 4.69) is 10.7 Å². The number of benzene rings is 1. The molecular weight excluding hydrogens is 164 g/mol. The van der Waals surface area contributed by atoms with Crippen molar-refractivity contribution in [3.63, 3.8) is 0 Å². The van der Waals surface area contributed by atoms with E-state index in [1.54, 1.807) is 18.2 Å². The minimum Gasteiger partial charge on any atom is -0.465 e. The van der Waals surface area contributed by atoms with E-state index in [0.29, 0.717) is 5.56 Å². The minimum absolute atomic E-state index is 0.332. The van der Waals surface area contributed by atoms with Crippen molar-refractivity contribution >= 4 is 5.97 Å². The van der Waals surface area contributed by atoms with Gasteiger partial charge in [0, 0.05) is 5.56 Å². The summed E-state index contributed by atoms with van der Waals surface area (Å²) in [5, 5.41) is 0. The number of hydrogen-bond acceptors (Lipinski definition) is 2. The second-order valence-electron chi connectivity index (χ2n) is 2.67. The van der Waals surface area contributed by atoms with Gasteiger partial charge < -0.3 is 4.74 Å². The molecule has 0 spiro atoms. The van der Waals surface area contributed by atoms with Gasteiger partial charge in [-0.15, -0.1) is 6.42 Å². The van der Waals surface area contributed by atoms with Crippen LogP contribution in [-0.2, 0) is 4.74 Å². The van der Waals surface area contributed by atoms with Crippen LogP contribution in [0.1, 0.15) is 21.5 Å². The van der Waals surface area contributed by atoms with Gasteiger partial charge in [0.25, 0.3) is 0 Å². The molecule has 1 aromatic carbocycles. The normalized spacial score (nSPS) is 9.00. The Morgan fingerprint density at radius 2 is 2.23 bits per heavy atom. The first-order valence-corrected chi connectivity index (χ1v) is 3.84. The van der Waals surface area contributed by atoms with Gasteiger partial charge in [0.1, 0.15) is 0 Å². The zero-order chi connectivity index (χ0) is 9.84. The predicted molar refractivity (Wildman–Crippen MR) is 50.5 cm³/mol. The topological polar surface area (TPSA) is 26.3 Å². The van der Waals surface area contributed by atoms with Crippen molar-refractivity contribution in [1.29, 1.82) is 0 Å². The molecule has 0 bridgehead atoms.